The topological polar surface area (TPSA) is 121 Å². The van der Waals surface area contributed by atoms with Gasteiger partial charge in [0.2, 0.25) is 5.95 Å². The van der Waals surface area contributed by atoms with Crippen LogP contribution >= 0.6 is 0 Å². The van der Waals surface area contributed by atoms with Gasteiger partial charge in [-0.2, -0.15) is 10.2 Å². The Morgan fingerprint density at radius 1 is 1.28 bits per heavy atom. The lowest BCUT2D eigenvalue weighted by Crippen LogP contribution is -2.44. The smallest absolute Gasteiger partial charge is 0.222 e. The Morgan fingerprint density at radius 2 is 2.03 bits per heavy atom. The van der Waals surface area contributed by atoms with E-state index in [-0.39, 0.29) is 12.0 Å². The van der Waals surface area contributed by atoms with Gasteiger partial charge in [0.25, 0.3) is 0 Å². The van der Waals surface area contributed by atoms with E-state index in [1.807, 2.05) is 26.2 Å². The maximum Gasteiger partial charge on any atom is 0.222 e. The molecule has 4 rings (SSSR count). The molecule has 0 radical (unpaired) electrons. The molecule has 0 amide bonds. The number of rotatable bonds is 4. The molecule has 1 aliphatic heterocycles. The predicted molar refractivity (Wildman–Crippen MR) is 114 cm³/mol. The highest BCUT2D eigenvalue weighted by Gasteiger charge is 2.22. The zero-order chi connectivity index (χ0) is 20.5. The molecule has 4 heterocycles. The normalized spacial score (nSPS) is 15.3. The summed E-state index contributed by atoms with van der Waals surface area (Å²) in [6, 6.07) is 6.21. The summed E-state index contributed by atoms with van der Waals surface area (Å²) < 4.78 is 2.08. The van der Waals surface area contributed by atoms with Crippen molar-refractivity contribution >= 4 is 28.5 Å². The van der Waals surface area contributed by atoms with Crippen LogP contribution in [0.4, 0.5) is 17.5 Å². The fourth-order valence-corrected chi connectivity index (χ4v) is 3.77. The van der Waals surface area contributed by atoms with E-state index in [2.05, 4.69) is 42.2 Å². The Morgan fingerprint density at radius 3 is 2.76 bits per heavy atom. The average Bonchev–Trinajstić information content (AvgIpc) is 3.07. The Bertz CT molecular complexity index is 1090. The molecular weight excluding hydrogens is 366 g/mol. The van der Waals surface area contributed by atoms with Gasteiger partial charge in [-0.25, -0.2) is 9.97 Å². The summed E-state index contributed by atoms with van der Waals surface area (Å²) in [4.78, 5) is 15.7. The van der Waals surface area contributed by atoms with Gasteiger partial charge >= 0.3 is 0 Å². The molecule has 3 aromatic heterocycles. The Hall–Kier alpha value is -3.38. The summed E-state index contributed by atoms with van der Waals surface area (Å²) in [6.07, 6.45) is 2.02. The summed E-state index contributed by atoms with van der Waals surface area (Å²) in [6.45, 7) is 7.49. The van der Waals surface area contributed by atoms with Gasteiger partial charge in [-0.1, -0.05) is 0 Å². The lowest BCUT2D eigenvalue weighted by atomic mass is 10.1. The number of hydrogen-bond acceptors (Lipinski definition) is 8. The van der Waals surface area contributed by atoms with E-state index in [1.165, 1.54) is 0 Å². The number of nitrogen functional groups attached to an aromatic ring is 1. The van der Waals surface area contributed by atoms with Crippen LogP contribution in [-0.4, -0.2) is 45.7 Å². The quantitative estimate of drug-likeness (QED) is 0.615. The number of nitrogens with two attached hydrogens (primary N) is 1. The Labute approximate surface area is 169 Å². The van der Waals surface area contributed by atoms with Gasteiger partial charge in [-0.15, -0.1) is 0 Å². The van der Waals surface area contributed by atoms with Gasteiger partial charge in [0.05, 0.1) is 34.2 Å². The largest absolute Gasteiger partial charge is 0.368 e. The fourth-order valence-electron chi connectivity index (χ4n) is 3.77. The minimum absolute atomic E-state index is 0.144. The van der Waals surface area contributed by atoms with E-state index < -0.39 is 0 Å². The van der Waals surface area contributed by atoms with Gasteiger partial charge in [0, 0.05) is 39.4 Å². The van der Waals surface area contributed by atoms with E-state index in [0.29, 0.717) is 17.1 Å². The van der Waals surface area contributed by atoms with Crippen LogP contribution in [-0.2, 0) is 7.05 Å². The number of nitriles is 1. The van der Waals surface area contributed by atoms with Crippen molar-refractivity contribution < 1.29 is 0 Å². The molecule has 1 unspecified atom stereocenters. The number of nitrogens with zero attached hydrogens (tertiary/aromatic N) is 6. The van der Waals surface area contributed by atoms with Crippen LogP contribution in [0.3, 0.4) is 0 Å². The number of nitrogens with one attached hydrogen (secondary N) is 2. The number of fused-ring (bicyclic) bond motifs is 1. The molecular formula is C20H25N9. The minimum atomic E-state index is -0.176. The van der Waals surface area contributed by atoms with Crippen LogP contribution in [0.1, 0.15) is 29.9 Å². The number of hydrogen-bond donors (Lipinski definition) is 3. The number of piperazine rings is 1. The van der Waals surface area contributed by atoms with Crippen LogP contribution < -0.4 is 21.3 Å². The third-order valence-electron chi connectivity index (χ3n) is 5.32. The molecule has 29 heavy (non-hydrogen) atoms. The maximum absolute atomic E-state index is 9.53. The summed E-state index contributed by atoms with van der Waals surface area (Å²) in [5.41, 5.74) is 10.8. The fraction of sp³-hybridized carbons (Fsp3) is 0.400. The molecule has 1 aliphatic rings. The van der Waals surface area contributed by atoms with Crippen molar-refractivity contribution in [2.75, 3.05) is 42.1 Å². The van der Waals surface area contributed by atoms with Crippen molar-refractivity contribution in [2.24, 2.45) is 7.05 Å². The van der Waals surface area contributed by atoms with Crippen molar-refractivity contribution in [1.29, 1.82) is 5.26 Å². The van der Waals surface area contributed by atoms with Crippen LogP contribution in [0.5, 0.6) is 0 Å². The molecule has 0 bridgehead atoms. The molecule has 0 aliphatic carbocycles. The molecule has 0 aromatic carbocycles. The first-order valence-electron chi connectivity index (χ1n) is 9.70. The average molecular weight is 391 g/mol. The summed E-state index contributed by atoms with van der Waals surface area (Å²) in [5.74, 6) is 0.580. The minimum Gasteiger partial charge on any atom is -0.368 e. The van der Waals surface area contributed by atoms with Crippen LogP contribution in [0, 0.1) is 18.3 Å². The van der Waals surface area contributed by atoms with Crippen molar-refractivity contribution in [3.05, 3.63) is 35.3 Å². The van der Waals surface area contributed by atoms with E-state index in [1.54, 1.807) is 6.92 Å². The third kappa shape index (κ3) is 3.54. The van der Waals surface area contributed by atoms with Gasteiger partial charge in [0.15, 0.2) is 0 Å². The number of aryl methyl sites for hydroxylation is 2. The number of anilines is 3. The molecule has 1 saturated heterocycles. The van der Waals surface area contributed by atoms with Gasteiger partial charge in [0.1, 0.15) is 17.5 Å². The highest BCUT2D eigenvalue weighted by atomic mass is 15.2. The molecule has 1 fully saturated rings. The SMILES string of the molecule is Cc1nc(N)nc(NC(C)c2nc3ccn(C)c3cc2N2CCNCC2)c1C#N. The lowest BCUT2D eigenvalue weighted by molar-refractivity contribution is 0.585. The first-order chi connectivity index (χ1) is 14.0. The van der Waals surface area contributed by atoms with Gasteiger partial charge in [-0.3, -0.25) is 0 Å². The lowest BCUT2D eigenvalue weighted by Gasteiger charge is -2.32. The molecule has 0 saturated carbocycles. The number of pyridine rings is 1. The third-order valence-corrected chi connectivity index (χ3v) is 5.32. The highest BCUT2D eigenvalue weighted by molar-refractivity contribution is 5.81. The molecule has 150 valence electrons. The van der Waals surface area contributed by atoms with E-state index >= 15 is 0 Å². The second kappa shape index (κ2) is 7.56. The van der Waals surface area contributed by atoms with E-state index in [9.17, 15) is 5.26 Å². The molecule has 0 spiro atoms. The second-order valence-corrected chi connectivity index (χ2v) is 7.33. The standard InChI is InChI=1S/C20H25N9/c1-12-14(11-21)19(27-20(22)25-12)24-13(2)18-17(29-8-5-23-6-9-29)10-16-15(26-18)4-7-28(16)3/h4,7,10,13,23H,5-6,8-9H2,1-3H3,(H3,22,24,25,27). The Kier molecular flexibility index (Phi) is 4.94. The molecule has 1 atom stereocenters. The van der Waals surface area contributed by atoms with Crippen molar-refractivity contribution in [2.45, 2.75) is 19.9 Å². The zero-order valence-corrected chi connectivity index (χ0v) is 16.9. The monoisotopic (exact) mass is 391 g/mol. The second-order valence-electron chi connectivity index (χ2n) is 7.33. The molecule has 9 nitrogen and oxygen atoms in total. The first-order valence-corrected chi connectivity index (χ1v) is 9.70. The van der Waals surface area contributed by atoms with E-state index in [0.717, 1.165) is 48.6 Å². The summed E-state index contributed by atoms with van der Waals surface area (Å²) in [7, 11) is 2.03. The van der Waals surface area contributed by atoms with E-state index in [4.69, 9.17) is 10.7 Å². The Balaban J connectivity index is 1.77. The summed E-state index contributed by atoms with van der Waals surface area (Å²) >= 11 is 0. The van der Waals surface area contributed by atoms with Crippen molar-refractivity contribution in [3.8, 4) is 6.07 Å². The van der Waals surface area contributed by atoms with Crippen molar-refractivity contribution in [3.63, 3.8) is 0 Å². The highest BCUT2D eigenvalue weighted by Crippen LogP contribution is 2.32. The zero-order valence-electron chi connectivity index (χ0n) is 16.9. The van der Waals surface area contributed by atoms with Gasteiger partial charge in [-0.05, 0) is 26.0 Å². The first kappa shape index (κ1) is 19.0. The van der Waals surface area contributed by atoms with Gasteiger partial charge < -0.3 is 25.8 Å². The predicted octanol–water partition coefficient (Wildman–Crippen LogP) is 1.71. The molecule has 4 N–H and O–H groups in total. The van der Waals surface area contributed by atoms with Crippen LogP contribution in [0.25, 0.3) is 11.0 Å². The molecule has 3 aromatic rings. The number of aromatic nitrogens is 4. The van der Waals surface area contributed by atoms with Crippen LogP contribution in [0.15, 0.2) is 18.3 Å². The molecule has 9 heteroatoms. The van der Waals surface area contributed by atoms with Crippen LogP contribution in [0.2, 0.25) is 0 Å². The summed E-state index contributed by atoms with van der Waals surface area (Å²) in [5, 5.41) is 16.3. The van der Waals surface area contributed by atoms with Crippen molar-refractivity contribution in [1.82, 2.24) is 24.8 Å². The maximum atomic E-state index is 9.53.